The molecule has 0 atom stereocenters. The predicted octanol–water partition coefficient (Wildman–Crippen LogP) is 3.44. The average molecular weight is 296 g/mol. The molecule has 92 valence electrons. The summed E-state index contributed by atoms with van der Waals surface area (Å²) >= 11 is 3.40. The molecule has 1 amide bonds. The number of benzene rings is 1. The molecule has 0 unspecified atom stereocenters. The highest BCUT2D eigenvalue weighted by Crippen LogP contribution is 2.18. The topological polar surface area (TPSA) is 29.1 Å². The van der Waals surface area contributed by atoms with Gasteiger partial charge in [0.2, 0.25) is 5.91 Å². The van der Waals surface area contributed by atoms with Gasteiger partial charge in [-0.3, -0.25) is 4.79 Å². The summed E-state index contributed by atoms with van der Waals surface area (Å²) in [7, 11) is 0. The fourth-order valence-corrected chi connectivity index (χ4v) is 2.54. The van der Waals surface area contributed by atoms with E-state index in [0.29, 0.717) is 12.5 Å². The zero-order valence-corrected chi connectivity index (χ0v) is 11.5. The Morgan fingerprint density at radius 2 is 1.88 bits per heavy atom. The summed E-state index contributed by atoms with van der Waals surface area (Å²) in [5, 5.41) is 3.11. The molecule has 1 aliphatic rings. The first kappa shape index (κ1) is 12.6. The lowest BCUT2D eigenvalue weighted by atomic mass is 10.1. The van der Waals surface area contributed by atoms with Crippen molar-refractivity contribution in [2.24, 2.45) is 0 Å². The first-order valence-electron chi connectivity index (χ1n) is 6.28. The van der Waals surface area contributed by atoms with Crippen LogP contribution in [0.25, 0.3) is 0 Å². The van der Waals surface area contributed by atoms with Gasteiger partial charge < -0.3 is 5.32 Å². The van der Waals surface area contributed by atoms with Crippen LogP contribution in [0.5, 0.6) is 0 Å². The Balaban J connectivity index is 1.73. The second-order valence-electron chi connectivity index (χ2n) is 4.68. The average Bonchev–Trinajstić information content (AvgIpc) is 2.81. The van der Waals surface area contributed by atoms with Crippen molar-refractivity contribution in [3.8, 4) is 0 Å². The van der Waals surface area contributed by atoms with E-state index in [0.717, 1.165) is 23.7 Å². The summed E-state index contributed by atoms with van der Waals surface area (Å²) in [5.74, 6) is 0.194. The van der Waals surface area contributed by atoms with E-state index in [-0.39, 0.29) is 5.91 Å². The van der Waals surface area contributed by atoms with E-state index in [9.17, 15) is 4.79 Å². The number of rotatable bonds is 4. The van der Waals surface area contributed by atoms with Gasteiger partial charge >= 0.3 is 0 Å². The normalized spacial score (nSPS) is 16.1. The molecule has 3 heteroatoms. The van der Waals surface area contributed by atoms with E-state index in [1.165, 1.54) is 18.4 Å². The van der Waals surface area contributed by atoms with Crippen LogP contribution in [0.1, 0.15) is 37.7 Å². The van der Waals surface area contributed by atoms with E-state index >= 15 is 0 Å². The van der Waals surface area contributed by atoms with E-state index in [4.69, 9.17) is 0 Å². The van der Waals surface area contributed by atoms with E-state index < -0.39 is 0 Å². The van der Waals surface area contributed by atoms with Gasteiger partial charge in [0.1, 0.15) is 0 Å². The van der Waals surface area contributed by atoms with Gasteiger partial charge in [0.25, 0.3) is 0 Å². The Morgan fingerprint density at radius 3 is 2.53 bits per heavy atom. The van der Waals surface area contributed by atoms with Crippen LogP contribution in [0, 0.1) is 0 Å². The van der Waals surface area contributed by atoms with Gasteiger partial charge in [0, 0.05) is 16.9 Å². The molecule has 1 fully saturated rings. The summed E-state index contributed by atoms with van der Waals surface area (Å²) in [4.78, 5) is 11.7. The fourth-order valence-electron chi connectivity index (χ4n) is 2.28. The van der Waals surface area contributed by atoms with Crippen LogP contribution in [0.2, 0.25) is 0 Å². The molecular formula is C14H18BrNO. The number of amides is 1. The monoisotopic (exact) mass is 295 g/mol. The predicted molar refractivity (Wildman–Crippen MR) is 72.9 cm³/mol. The molecule has 2 nitrogen and oxygen atoms in total. The quantitative estimate of drug-likeness (QED) is 0.906. The summed E-state index contributed by atoms with van der Waals surface area (Å²) in [5.41, 5.74) is 1.22. The molecule has 0 radical (unpaired) electrons. The Bertz CT molecular complexity index is 368. The molecule has 1 aromatic carbocycles. The van der Waals surface area contributed by atoms with Gasteiger partial charge in [-0.05, 0) is 37.0 Å². The number of hydrogen-bond donors (Lipinski definition) is 1. The third kappa shape index (κ3) is 4.15. The van der Waals surface area contributed by atoms with Crippen molar-refractivity contribution in [3.05, 3.63) is 34.3 Å². The van der Waals surface area contributed by atoms with E-state index in [1.54, 1.807) is 0 Å². The maximum atomic E-state index is 11.7. The van der Waals surface area contributed by atoms with Crippen molar-refractivity contribution in [3.63, 3.8) is 0 Å². The number of carbonyl (C=O) groups excluding carboxylic acids is 1. The van der Waals surface area contributed by atoms with Crippen molar-refractivity contribution in [1.29, 1.82) is 0 Å². The van der Waals surface area contributed by atoms with Crippen molar-refractivity contribution in [2.75, 3.05) is 0 Å². The molecule has 0 bridgehead atoms. The standard InChI is InChI=1S/C14H18BrNO/c15-12-8-5-11(6-9-12)7-10-14(17)16-13-3-1-2-4-13/h5-6,8-9,13H,1-4,7,10H2,(H,16,17). The highest BCUT2D eigenvalue weighted by Gasteiger charge is 2.16. The molecule has 0 aromatic heterocycles. The highest BCUT2D eigenvalue weighted by atomic mass is 79.9. The van der Waals surface area contributed by atoms with Crippen molar-refractivity contribution in [1.82, 2.24) is 5.32 Å². The maximum Gasteiger partial charge on any atom is 0.220 e. The lowest BCUT2D eigenvalue weighted by Crippen LogP contribution is -2.32. The Labute approximate surface area is 111 Å². The van der Waals surface area contributed by atoms with Crippen LogP contribution < -0.4 is 5.32 Å². The fraction of sp³-hybridized carbons (Fsp3) is 0.500. The molecule has 1 aromatic rings. The SMILES string of the molecule is O=C(CCc1ccc(Br)cc1)NC1CCCC1. The molecule has 0 aliphatic heterocycles. The summed E-state index contributed by atoms with van der Waals surface area (Å²) in [6.45, 7) is 0. The third-order valence-electron chi connectivity index (χ3n) is 3.27. The van der Waals surface area contributed by atoms with Gasteiger partial charge in [-0.15, -0.1) is 0 Å². The zero-order valence-electron chi connectivity index (χ0n) is 9.92. The van der Waals surface area contributed by atoms with Crippen LogP contribution in [-0.4, -0.2) is 11.9 Å². The second kappa shape index (κ2) is 6.20. The molecule has 17 heavy (non-hydrogen) atoms. The van der Waals surface area contributed by atoms with Gasteiger partial charge in [0.15, 0.2) is 0 Å². The molecule has 1 aliphatic carbocycles. The van der Waals surface area contributed by atoms with Crippen LogP contribution >= 0.6 is 15.9 Å². The Hall–Kier alpha value is -0.830. The van der Waals surface area contributed by atoms with Crippen molar-refractivity contribution >= 4 is 21.8 Å². The zero-order chi connectivity index (χ0) is 12.1. The smallest absolute Gasteiger partial charge is 0.220 e. The molecule has 1 saturated carbocycles. The first-order chi connectivity index (χ1) is 8.24. The number of nitrogens with one attached hydrogen (secondary N) is 1. The van der Waals surface area contributed by atoms with Crippen molar-refractivity contribution in [2.45, 2.75) is 44.6 Å². The summed E-state index contributed by atoms with van der Waals surface area (Å²) in [6.07, 6.45) is 6.26. The minimum atomic E-state index is 0.194. The van der Waals surface area contributed by atoms with Crippen molar-refractivity contribution < 1.29 is 4.79 Å². The molecule has 2 rings (SSSR count). The third-order valence-corrected chi connectivity index (χ3v) is 3.80. The van der Waals surface area contributed by atoms with Crippen LogP contribution in [-0.2, 0) is 11.2 Å². The van der Waals surface area contributed by atoms with Gasteiger partial charge in [-0.25, -0.2) is 0 Å². The molecule has 1 N–H and O–H groups in total. The summed E-state index contributed by atoms with van der Waals surface area (Å²) < 4.78 is 1.08. The Morgan fingerprint density at radius 1 is 1.24 bits per heavy atom. The van der Waals surface area contributed by atoms with Crippen LogP contribution in [0.4, 0.5) is 0 Å². The molecule has 0 spiro atoms. The molecular weight excluding hydrogens is 278 g/mol. The minimum absolute atomic E-state index is 0.194. The summed E-state index contributed by atoms with van der Waals surface area (Å²) in [6, 6.07) is 8.60. The molecule has 0 heterocycles. The van der Waals surface area contributed by atoms with Crippen LogP contribution in [0.3, 0.4) is 0 Å². The van der Waals surface area contributed by atoms with Gasteiger partial charge in [-0.1, -0.05) is 40.9 Å². The lowest BCUT2D eigenvalue weighted by Gasteiger charge is -2.11. The number of hydrogen-bond acceptors (Lipinski definition) is 1. The Kier molecular flexibility index (Phi) is 4.60. The number of halogens is 1. The maximum absolute atomic E-state index is 11.7. The van der Waals surface area contributed by atoms with E-state index in [2.05, 4.69) is 33.4 Å². The number of aryl methyl sites for hydroxylation is 1. The largest absolute Gasteiger partial charge is 0.353 e. The lowest BCUT2D eigenvalue weighted by molar-refractivity contribution is -0.121. The minimum Gasteiger partial charge on any atom is -0.353 e. The first-order valence-corrected chi connectivity index (χ1v) is 7.07. The second-order valence-corrected chi connectivity index (χ2v) is 5.59. The highest BCUT2D eigenvalue weighted by molar-refractivity contribution is 9.10. The van der Waals surface area contributed by atoms with Gasteiger partial charge in [-0.2, -0.15) is 0 Å². The number of carbonyl (C=O) groups is 1. The molecule has 0 saturated heterocycles. The van der Waals surface area contributed by atoms with Crippen LogP contribution in [0.15, 0.2) is 28.7 Å². The van der Waals surface area contributed by atoms with E-state index in [1.807, 2.05) is 12.1 Å². The van der Waals surface area contributed by atoms with Gasteiger partial charge in [0.05, 0.1) is 0 Å².